The van der Waals surface area contributed by atoms with E-state index in [1.165, 1.54) is 0 Å². The van der Waals surface area contributed by atoms with Gasteiger partial charge in [-0.1, -0.05) is 0 Å². The van der Waals surface area contributed by atoms with Crippen molar-refractivity contribution in [1.29, 1.82) is 0 Å². The first kappa shape index (κ1) is 15.5. The predicted octanol–water partition coefficient (Wildman–Crippen LogP) is -1.53. The molecule has 0 amide bonds. The van der Waals surface area contributed by atoms with E-state index in [1.807, 2.05) is 0 Å². The van der Waals surface area contributed by atoms with Crippen molar-refractivity contribution in [3.05, 3.63) is 0 Å². The van der Waals surface area contributed by atoms with Crippen LogP contribution in [0.25, 0.3) is 0 Å². The minimum atomic E-state index is -4.43. The zero-order chi connectivity index (χ0) is 8.91. The van der Waals surface area contributed by atoms with Gasteiger partial charge in [0.2, 0.25) is 0 Å². The van der Waals surface area contributed by atoms with Crippen LogP contribution in [0.15, 0.2) is 0 Å². The van der Waals surface area contributed by atoms with E-state index in [0.29, 0.717) is 19.4 Å². The molecule has 0 spiro atoms. The Kier molecular flexibility index (Phi) is 9.60. The number of hydrogen-bond acceptors (Lipinski definition) is 4. The van der Waals surface area contributed by atoms with Crippen molar-refractivity contribution in [2.45, 2.75) is 19.1 Å². The van der Waals surface area contributed by atoms with E-state index in [9.17, 15) is 4.57 Å². The topological polar surface area (TPSA) is 119 Å². The standard InChI is InChI=1S/C4H13N2O4P.Na.H/c5-3-1-2-4(6)10-11(7,8)9;;/h4H,1-3,5-6H2,(H2,7,8,9);;. The third-order valence-corrected chi connectivity index (χ3v) is 1.51. The van der Waals surface area contributed by atoms with Gasteiger partial charge in [-0.3, -0.25) is 4.52 Å². The SMILES string of the molecule is NCCCC(N)OP(=O)(O)O.[NaH]. The molecule has 0 aromatic heterocycles. The second-order valence-electron chi connectivity index (χ2n) is 2.07. The summed E-state index contributed by atoms with van der Waals surface area (Å²) < 4.78 is 14.3. The normalized spacial score (nSPS) is 13.7. The second-order valence-corrected chi connectivity index (χ2v) is 3.26. The Balaban J connectivity index is 0. The molecule has 70 valence electrons. The van der Waals surface area contributed by atoms with E-state index < -0.39 is 14.1 Å². The van der Waals surface area contributed by atoms with E-state index in [1.54, 1.807) is 0 Å². The van der Waals surface area contributed by atoms with Crippen molar-refractivity contribution in [1.82, 2.24) is 0 Å². The molecule has 0 aliphatic carbocycles. The molecule has 6 nitrogen and oxygen atoms in total. The molecule has 0 radical (unpaired) electrons. The van der Waals surface area contributed by atoms with Crippen LogP contribution in [0.1, 0.15) is 12.8 Å². The summed E-state index contributed by atoms with van der Waals surface area (Å²) in [5.74, 6) is 0. The predicted molar refractivity (Wildman–Crippen MR) is 46.5 cm³/mol. The molecule has 1 unspecified atom stereocenters. The third-order valence-electron chi connectivity index (χ3n) is 0.965. The average Bonchev–Trinajstić information content (AvgIpc) is 1.79. The van der Waals surface area contributed by atoms with Crippen LogP contribution in [-0.2, 0) is 9.09 Å². The fraction of sp³-hybridized carbons (Fsp3) is 1.00. The number of rotatable bonds is 5. The van der Waals surface area contributed by atoms with Gasteiger partial charge in [-0.2, -0.15) is 0 Å². The van der Waals surface area contributed by atoms with Crippen LogP contribution in [0.3, 0.4) is 0 Å². The minimum absolute atomic E-state index is 0. The van der Waals surface area contributed by atoms with Crippen LogP contribution in [0.4, 0.5) is 0 Å². The van der Waals surface area contributed by atoms with Gasteiger partial charge in [-0.15, -0.1) is 0 Å². The van der Waals surface area contributed by atoms with Crippen molar-refractivity contribution in [3.63, 3.8) is 0 Å². The van der Waals surface area contributed by atoms with E-state index in [0.717, 1.165) is 0 Å². The molecule has 0 heterocycles. The van der Waals surface area contributed by atoms with E-state index in [2.05, 4.69) is 4.52 Å². The fourth-order valence-corrected chi connectivity index (χ4v) is 1.01. The van der Waals surface area contributed by atoms with Gasteiger partial charge in [-0.25, -0.2) is 4.57 Å². The maximum absolute atomic E-state index is 10.2. The summed E-state index contributed by atoms with van der Waals surface area (Å²) in [6, 6.07) is 0. The molecule has 0 saturated heterocycles. The van der Waals surface area contributed by atoms with Gasteiger partial charge < -0.3 is 21.3 Å². The van der Waals surface area contributed by atoms with Crippen LogP contribution in [0.5, 0.6) is 0 Å². The summed E-state index contributed by atoms with van der Waals surface area (Å²) in [7, 11) is -4.43. The summed E-state index contributed by atoms with van der Waals surface area (Å²) in [5.41, 5.74) is 10.3. The summed E-state index contributed by atoms with van der Waals surface area (Å²) in [5, 5.41) is 0. The number of hydrogen-bond donors (Lipinski definition) is 4. The Bertz CT molecular complexity index is 152. The summed E-state index contributed by atoms with van der Waals surface area (Å²) in [4.78, 5) is 16.5. The Labute approximate surface area is 93.2 Å². The molecule has 0 rings (SSSR count). The van der Waals surface area contributed by atoms with E-state index in [4.69, 9.17) is 21.3 Å². The first-order valence-corrected chi connectivity index (χ1v) is 4.68. The zero-order valence-corrected chi connectivity index (χ0v) is 6.91. The van der Waals surface area contributed by atoms with Crippen LogP contribution in [-0.4, -0.2) is 52.1 Å². The Hall–Kier alpha value is 1.03. The monoisotopic (exact) mass is 208 g/mol. The first-order valence-electron chi connectivity index (χ1n) is 3.15. The summed E-state index contributed by atoms with van der Waals surface area (Å²) >= 11 is 0. The van der Waals surface area contributed by atoms with Crippen molar-refractivity contribution < 1.29 is 18.9 Å². The molecule has 0 bridgehead atoms. The molecule has 0 fully saturated rings. The average molecular weight is 208 g/mol. The van der Waals surface area contributed by atoms with Gasteiger partial charge in [0.15, 0.2) is 0 Å². The van der Waals surface area contributed by atoms with Gasteiger partial charge in [0, 0.05) is 0 Å². The maximum atomic E-state index is 10.2. The van der Waals surface area contributed by atoms with Crippen LogP contribution < -0.4 is 11.5 Å². The quantitative estimate of drug-likeness (QED) is 0.247. The Morgan fingerprint density at radius 2 is 2.00 bits per heavy atom. The molecule has 6 N–H and O–H groups in total. The first-order chi connectivity index (χ1) is 4.95. The van der Waals surface area contributed by atoms with Gasteiger partial charge in [-0.05, 0) is 19.4 Å². The van der Waals surface area contributed by atoms with Gasteiger partial charge in [0.05, 0.1) is 0 Å². The van der Waals surface area contributed by atoms with Gasteiger partial charge in [0.1, 0.15) is 6.23 Å². The molecule has 0 aromatic carbocycles. The molecule has 1 atom stereocenters. The van der Waals surface area contributed by atoms with Crippen LogP contribution in [0.2, 0.25) is 0 Å². The van der Waals surface area contributed by atoms with E-state index in [-0.39, 0.29) is 29.6 Å². The summed E-state index contributed by atoms with van der Waals surface area (Å²) in [6.45, 7) is 0.429. The van der Waals surface area contributed by atoms with Crippen LogP contribution in [0, 0.1) is 0 Å². The molecule has 8 heteroatoms. The number of phosphoric ester groups is 1. The van der Waals surface area contributed by atoms with Crippen molar-refractivity contribution in [2.24, 2.45) is 11.5 Å². The number of phosphoric acid groups is 1. The summed E-state index contributed by atoms with van der Waals surface area (Å²) in [6.07, 6.45) is 0.00218. The van der Waals surface area contributed by atoms with Gasteiger partial charge >= 0.3 is 37.4 Å². The molecular formula is C4H14N2NaO4P. The Morgan fingerprint density at radius 1 is 1.50 bits per heavy atom. The van der Waals surface area contributed by atoms with E-state index >= 15 is 0 Å². The molecular weight excluding hydrogens is 194 g/mol. The molecule has 0 saturated carbocycles. The molecule has 0 aliphatic heterocycles. The van der Waals surface area contributed by atoms with Crippen LogP contribution >= 0.6 is 7.82 Å². The number of nitrogens with two attached hydrogens (primary N) is 2. The van der Waals surface area contributed by atoms with Crippen molar-refractivity contribution in [2.75, 3.05) is 6.54 Å². The molecule has 0 aromatic rings. The second kappa shape index (κ2) is 7.44. The van der Waals surface area contributed by atoms with Gasteiger partial charge in [0.25, 0.3) is 0 Å². The molecule has 12 heavy (non-hydrogen) atoms. The Morgan fingerprint density at radius 3 is 2.33 bits per heavy atom. The zero-order valence-electron chi connectivity index (χ0n) is 6.01. The third kappa shape index (κ3) is 11.0. The fourth-order valence-electron chi connectivity index (χ4n) is 0.548. The molecule has 0 aliphatic rings. The van der Waals surface area contributed by atoms with Crippen molar-refractivity contribution >= 4 is 37.4 Å². The van der Waals surface area contributed by atoms with Crippen molar-refractivity contribution in [3.8, 4) is 0 Å².